The zero-order valence-electron chi connectivity index (χ0n) is 12.5. The number of fused-ring (bicyclic) bond motifs is 1. The lowest BCUT2D eigenvalue weighted by atomic mass is 10.00. The Morgan fingerprint density at radius 3 is 2.70 bits per heavy atom. The summed E-state index contributed by atoms with van der Waals surface area (Å²) < 4.78 is 5.68. The van der Waals surface area contributed by atoms with Crippen LogP contribution < -0.4 is 16.2 Å². The monoisotopic (exact) mass is 314 g/mol. The van der Waals surface area contributed by atoms with Gasteiger partial charge in [0.15, 0.2) is 0 Å². The predicted octanol–water partition coefficient (Wildman–Crippen LogP) is 1.84. The third kappa shape index (κ3) is 3.18. The summed E-state index contributed by atoms with van der Waals surface area (Å²) in [5, 5.41) is 8.86. The van der Waals surface area contributed by atoms with Crippen LogP contribution in [0.25, 0.3) is 0 Å². The highest BCUT2D eigenvalue weighted by molar-refractivity contribution is 5.87. The molecule has 23 heavy (non-hydrogen) atoms. The minimum atomic E-state index is -0.950. The molecule has 1 aliphatic rings. The molecule has 7 nitrogen and oxygen atoms in total. The topological polar surface area (TPSA) is 124 Å². The van der Waals surface area contributed by atoms with Crippen molar-refractivity contribution in [2.75, 3.05) is 18.1 Å². The highest BCUT2D eigenvalue weighted by Gasteiger charge is 2.27. The number of nitrogen functional groups attached to an aromatic ring is 2. The summed E-state index contributed by atoms with van der Waals surface area (Å²) in [5.74, 6) is 0.644. The van der Waals surface area contributed by atoms with E-state index in [2.05, 4.69) is 9.97 Å². The number of aromatic nitrogens is 2. The van der Waals surface area contributed by atoms with Crippen LogP contribution in [0.4, 0.5) is 11.8 Å². The zero-order valence-corrected chi connectivity index (χ0v) is 12.5. The fraction of sp³-hybridized carbons (Fsp3) is 0.312. The number of carboxylic acids is 1. The zero-order chi connectivity index (χ0) is 16.4. The Kier molecular flexibility index (Phi) is 4.01. The van der Waals surface area contributed by atoms with Crippen molar-refractivity contribution in [3.63, 3.8) is 0 Å². The molecule has 2 aromatic rings. The Hall–Kier alpha value is -2.83. The molecule has 0 saturated heterocycles. The highest BCUT2D eigenvalue weighted by Crippen LogP contribution is 2.37. The molecule has 120 valence electrons. The SMILES string of the molecule is Nc1nc(N)c2c(n1)CCC2CCOc1ccc(C(=O)O)cc1. The van der Waals surface area contributed by atoms with Gasteiger partial charge in [0.1, 0.15) is 11.6 Å². The number of benzene rings is 1. The number of aryl methyl sites for hydroxylation is 1. The van der Waals surface area contributed by atoms with Gasteiger partial charge in [-0.15, -0.1) is 0 Å². The minimum Gasteiger partial charge on any atom is -0.494 e. The summed E-state index contributed by atoms with van der Waals surface area (Å²) in [4.78, 5) is 19.1. The van der Waals surface area contributed by atoms with Crippen LogP contribution in [0.1, 0.15) is 40.4 Å². The van der Waals surface area contributed by atoms with Crippen LogP contribution in [-0.2, 0) is 6.42 Å². The summed E-state index contributed by atoms with van der Waals surface area (Å²) in [6, 6.07) is 6.36. The fourth-order valence-corrected chi connectivity index (χ4v) is 2.95. The molecule has 5 N–H and O–H groups in total. The van der Waals surface area contributed by atoms with Gasteiger partial charge in [-0.2, -0.15) is 4.98 Å². The van der Waals surface area contributed by atoms with Crippen LogP contribution in [0, 0.1) is 0 Å². The van der Waals surface area contributed by atoms with E-state index in [-0.39, 0.29) is 17.4 Å². The summed E-state index contributed by atoms with van der Waals surface area (Å²) >= 11 is 0. The molecule has 7 heteroatoms. The molecule has 1 unspecified atom stereocenters. The van der Waals surface area contributed by atoms with Gasteiger partial charge >= 0.3 is 5.97 Å². The van der Waals surface area contributed by atoms with E-state index in [4.69, 9.17) is 21.3 Å². The molecule has 1 aromatic carbocycles. The Labute approximate surface area is 133 Å². The van der Waals surface area contributed by atoms with Gasteiger partial charge in [-0.05, 0) is 49.4 Å². The number of nitrogens with zero attached hydrogens (tertiary/aromatic N) is 2. The number of aromatic carboxylic acids is 1. The van der Waals surface area contributed by atoms with E-state index in [0.717, 1.165) is 30.5 Å². The Morgan fingerprint density at radius 2 is 2.00 bits per heavy atom. The molecule has 0 spiro atoms. The maximum Gasteiger partial charge on any atom is 0.335 e. The van der Waals surface area contributed by atoms with E-state index in [1.54, 1.807) is 12.1 Å². The first kappa shape index (κ1) is 15.1. The summed E-state index contributed by atoms with van der Waals surface area (Å²) in [6.45, 7) is 0.514. The predicted molar refractivity (Wildman–Crippen MR) is 85.4 cm³/mol. The smallest absolute Gasteiger partial charge is 0.335 e. The van der Waals surface area contributed by atoms with Gasteiger partial charge in [0.05, 0.1) is 17.9 Å². The maximum atomic E-state index is 10.8. The van der Waals surface area contributed by atoms with Crippen molar-refractivity contribution in [1.82, 2.24) is 9.97 Å². The molecule has 0 amide bonds. The van der Waals surface area contributed by atoms with Gasteiger partial charge in [0, 0.05) is 5.56 Å². The third-order valence-corrected chi connectivity index (χ3v) is 4.05. The number of carbonyl (C=O) groups is 1. The number of carboxylic acid groups (broad SMARTS) is 1. The van der Waals surface area contributed by atoms with Crippen molar-refractivity contribution in [2.45, 2.75) is 25.2 Å². The van der Waals surface area contributed by atoms with E-state index < -0.39 is 5.97 Å². The second kappa shape index (κ2) is 6.12. The second-order valence-electron chi connectivity index (χ2n) is 5.53. The number of ether oxygens (including phenoxy) is 1. The van der Waals surface area contributed by atoms with Gasteiger partial charge in [-0.1, -0.05) is 0 Å². The fourth-order valence-electron chi connectivity index (χ4n) is 2.95. The van der Waals surface area contributed by atoms with Crippen molar-refractivity contribution < 1.29 is 14.6 Å². The number of rotatable bonds is 5. The van der Waals surface area contributed by atoms with E-state index in [9.17, 15) is 4.79 Å². The lowest BCUT2D eigenvalue weighted by Crippen LogP contribution is -2.09. The van der Waals surface area contributed by atoms with Crippen LogP contribution in [0.5, 0.6) is 5.75 Å². The van der Waals surface area contributed by atoms with E-state index in [1.807, 2.05) is 0 Å². The highest BCUT2D eigenvalue weighted by atomic mass is 16.5. The average Bonchev–Trinajstić information content (AvgIpc) is 2.91. The quantitative estimate of drug-likeness (QED) is 0.769. The average molecular weight is 314 g/mol. The van der Waals surface area contributed by atoms with Gasteiger partial charge in [0.2, 0.25) is 5.95 Å². The molecule has 1 aliphatic carbocycles. The van der Waals surface area contributed by atoms with E-state index in [1.165, 1.54) is 12.1 Å². The van der Waals surface area contributed by atoms with Crippen molar-refractivity contribution in [3.05, 3.63) is 41.1 Å². The molecule has 0 fully saturated rings. The van der Waals surface area contributed by atoms with Gasteiger partial charge in [0.25, 0.3) is 0 Å². The van der Waals surface area contributed by atoms with E-state index >= 15 is 0 Å². The molecule has 1 heterocycles. The minimum absolute atomic E-state index is 0.219. The van der Waals surface area contributed by atoms with Crippen molar-refractivity contribution in [1.29, 1.82) is 0 Å². The molecule has 1 atom stereocenters. The van der Waals surface area contributed by atoms with E-state index in [0.29, 0.717) is 18.2 Å². The molecule has 0 radical (unpaired) electrons. The standard InChI is InChI=1S/C16H18N4O3/c17-14-13-9(3-6-12(13)19-16(18)20-14)7-8-23-11-4-1-10(2-5-11)15(21)22/h1-2,4-5,9H,3,6-8H2,(H,21,22)(H4,17,18,19,20). The van der Waals surface area contributed by atoms with Crippen LogP contribution in [0.15, 0.2) is 24.3 Å². The van der Waals surface area contributed by atoms with Gasteiger partial charge < -0.3 is 21.3 Å². The summed E-state index contributed by atoms with van der Waals surface area (Å²) in [7, 11) is 0. The normalized spacial score (nSPS) is 16.1. The molecule has 3 rings (SSSR count). The van der Waals surface area contributed by atoms with Crippen LogP contribution in [0.3, 0.4) is 0 Å². The van der Waals surface area contributed by atoms with Crippen molar-refractivity contribution in [2.24, 2.45) is 0 Å². The van der Waals surface area contributed by atoms with Crippen LogP contribution in [0.2, 0.25) is 0 Å². The number of hydrogen-bond acceptors (Lipinski definition) is 6. The first-order valence-electron chi connectivity index (χ1n) is 7.42. The summed E-state index contributed by atoms with van der Waals surface area (Å²) in [6.07, 6.45) is 2.61. The lowest BCUT2D eigenvalue weighted by Gasteiger charge is -2.14. The first-order valence-corrected chi connectivity index (χ1v) is 7.42. The molecule has 0 saturated carbocycles. The third-order valence-electron chi connectivity index (χ3n) is 4.05. The van der Waals surface area contributed by atoms with Gasteiger partial charge in [-0.25, -0.2) is 9.78 Å². The summed E-state index contributed by atoms with van der Waals surface area (Å²) in [5.41, 5.74) is 13.7. The molecular weight excluding hydrogens is 296 g/mol. The first-order chi connectivity index (χ1) is 11.0. The Morgan fingerprint density at radius 1 is 1.26 bits per heavy atom. The molecule has 1 aromatic heterocycles. The Balaban J connectivity index is 1.60. The molecule has 0 aliphatic heterocycles. The maximum absolute atomic E-state index is 10.8. The number of hydrogen-bond donors (Lipinski definition) is 3. The molecular formula is C16H18N4O3. The van der Waals surface area contributed by atoms with Crippen molar-refractivity contribution >= 4 is 17.7 Å². The number of anilines is 2. The lowest BCUT2D eigenvalue weighted by molar-refractivity contribution is 0.0697. The largest absolute Gasteiger partial charge is 0.494 e. The van der Waals surface area contributed by atoms with Crippen LogP contribution >= 0.6 is 0 Å². The Bertz CT molecular complexity index is 731. The molecule has 0 bridgehead atoms. The second-order valence-corrected chi connectivity index (χ2v) is 5.53. The van der Waals surface area contributed by atoms with Gasteiger partial charge in [-0.3, -0.25) is 0 Å². The van der Waals surface area contributed by atoms with Crippen molar-refractivity contribution in [3.8, 4) is 5.75 Å². The van der Waals surface area contributed by atoms with Crippen LogP contribution in [-0.4, -0.2) is 27.7 Å². The number of nitrogens with two attached hydrogens (primary N) is 2.